The summed E-state index contributed by atoms with van der Waals surface area (Å²) in [5.74, 6) is 0. The number of nitrogens with zero attached hydrogens (tertiary/aromatic N) is 1. The van der Waals surface area contributed by atoms with E-state index < -0.39 is 0 Å². The molecule has 2 atom stereocenters. The summed E-state index contributed by atoms with van der Waals surface area (Å²) in [5.41, 5.74) is 1.25. The zero-order valence-corrected chi connectivity index (χ0v) is 9.16. The molecule has 1 heterocycles. The summed E-state index contributed by atoms with van der Waals surface area (Å²) in [6.45, 7) is 3.16. The average Bonchev–Trinajstić information content (AvgIpc) is 2.65. The molecular weight excluding hydrogens is 212 g/mol. The molecule has 0 amide bonds. The van der Waals surface area contributed by atoms with Crippen LogP contribution in [0.2, 0.25) is 0 Å². The van der Waals surface area contributed by atoms with E-state index in [-0.39, 0.29) is 16.0 Å². The van der Waals surface area contributed by atoms with Crippen molar-refractivity contribution in [3.05, 3.63) is 39.9 Å². The van der Waals surface area contributed by atoms with E-state index in [1.807, 2.05) is 23.9 Å². The van der Waals surface area contributed by atoms with Gasteiger partial charge in [-0.2, -0.15) is 0 Å². The Bertz CT molecular complexity index is 366. The van der Waals surface area contributed by atoms with Crippen LogP contribution in [0.1, 0.15) is 17.9 Å². The highest BCUT2D eigenvalue weighted by atomic mass is 32.2. The molecule has 1 aliphatic heterocycles. The average molecular weight is 224 g/mol. The van der Waals surface area contributed by atoms with E-state index in [1.54, 1.807) is 12.1 Å². The lowest BCUT2D eigenvalue weighted by Gasteiger charge is -2.09. The summed E-state index contributed by atoms with van der Waals surface area (Å²) >= 11 is 1.85. The Morgan fingerprint density at radius 1 is 1.47 bits per heavy atom. The van der Waals surface area contributed by atoms with Crippen LogP contribution in [0.15, 0.2) is 24.3 Å². The molecule has 1 aromatic carbocycles. The number of nitrogens with one attached hydrogen (secondary N) is 1. The van der Waals surface area contributed by atoms with Gasteiger partial charge in [0.15, 0.2) is 0 Å². The summed E-state index contributed by atoms with van der Waals surface area (Å²) in [7, 11) is 0. The van der Waals surface area contributed by atoms with E-state index >= 15 is 0 Å². The summed E-state index contributed by atoms with van der Waals surface area (Å²) < 4.78 is 0. The van der Waals surface area contributed by atoms with Gasteiger partial charge >= 0.3 is 0 Å². The van der Waals surface area contributed by atoms with Crippen molar-refractivity contribution in [1.29, 1.82) is 0 Å². The largest absolute Gasteiger partial charge is 0.301 e. The lowest BCUT2D eigenvalue weighted by molar-refractivity contribution is -0.384. The van der Waals surface area contributed by atoms with Crippen molar-refractivity contribution in [3.8, 4) is 0 Å². The lowest BCUT2D eigenvalue weighted by Crippen LogP contribution is -2.13. The van der Waals surface area contributed by atoms with Gasteiger partial charge in [-0.3, -0.25) is 10.1 Å². The summed E-state index contributed by atoms with van der Waals surface area (Å²) in [6.07, 6.45) is 0. The van der Waals surface area contributed by atoms with Gasteiger partial charge in [-0.25, -0.2) is 0 Å². The van der Waals surface area contributed by atoms with E-state index in [0.29, 0.717) is 5.25 Å². The normalized spacial score (nSPS) is 25.4. The minimum absolute atomic E-state index is 0.148. The predicted molar refractivity (Wildman–Crippen MR) is 60.9 cm³/mol. The van der Waals surface area contributed by atoms with Gasteiger partial charge in [0.1, 0.15) is 0 Å². The standard InChI is InChI=1S/C10H12N2O2S/c1-7-6-11-10(15-7)8-2-4-9(5-3-8)12(13)14/h2-5,7,10-11H,6H2,1H3. The van der Waals surface area contributed by atoms with E-state index in [2.05, 4.69) is 12.2 Å². The molecule has 0 aromatic heterocycles. The first-order valence-corrected chi connectivity index (χ1v) is 5.74. The van der Waals surface area contributed by atoms with E-state index in [4.69, 9.17) is 0 Å². The topological polar surface area (TPSA) is 55.2 Å². The Kier molecular flexibility index (Phi) is 2.93. The minimum Gasteiger partial charge on any atom is -0.301 e. The molecule has 5 heteroatoms. The first-order chi connectivity index (χ1) is 7.16. The van der Waals surface area contributed by atoms with Gasteiger partial charge in [-0.15, -0.1) is 11.8 Å². The number of thioether (sulfide) groups is 1. The van der Waals surface area contributed by atoms with Crippen LogP contribution in [0, 0.1) is 10.1 Å². The van der Waals surface area contributed by atoms with Crippen molar-refractivity contribution in [3.63, 3.8) is 0 Å². The fourth-order valence-corrected chi connectivity index (χ4v) is 2.73. The van der Waals surface area contributed by atoms with Crippen LogP contribution < -0.4 is 5.32 Å². The molecule has 0 bridgehead atoms. The highest BCUT2D eigenvalue weighted by Gasteiger charge is 2.22. The number of nitro benzene ring substituents is 1. The zero-order valence-electron chi connectivity index (χ0n) is 8.34. The fourth-order valence-electron chi connectivity index (χ4n) is 1.57. The third kappa shape index (κ3) is 2.30. The second-order valence-electron chi connectivity index (χ2n) is 3.58. The third-order valence-electron chi connectivity index (χ3n) is 2.37. The minimum atomic E-state index is -0.373. The second kappa shape index (κ2) is 4.20. The number of hydrogen-bond donors (Lipinski definition) is 1. The summed E-state index contributed by atoms with van der Waals surface area (Å²) in [4.78, 5) is 10.1. The molecule has 15 heavy (non-hydrogen) atoms. The van der Waals surface area contributed by atoms with Crippen molar-refractivity contribution >= 4 is 17.4 Å². The van der Waals surface area contributed by atoms with E-state index in [1.165, 1.54) is 0 Å². The van der Waals surface area contributed by atoms with Crippen LogP contribution in [0.25, 0.3) is 0 Å². The fraction of sp³-hybridized carbons (Fsp3) is 0.400. The van der Waals surface area contributed by atoms with Crippen LogP contribution in [-0.2, 0) is 0 Å². The van der Waals surface area contributed by atoms with Gasteiger partial charge in [-0.1, -0.05) is 6.92 Å². The number of nitro groups is 1. The van der Waals surface area contributed by atoms with Gasteiger partial charge in [0.25, 0.3) is 5.69 Å². The first-order valence-electron chi connectivity index (χ1n) is 4.80. The number of rotatable bonds is 2. The van der Waals surface area contributed by atoms with Gasteiger partial charge in [0, 0.05) is 23.9 Å². The molecule has 1 fully saturated rings. The molecular formula is C10H12N2O2S. The highest BCUT2D eigenvalue weighted by molar-refractivity contribution is 8.00. The Labute approximate surface area is 92.2 Å². The SMILES string of the molecule is CC1CNC(c2ccc([N+](=O)[O-])cc2)S1. The Balaban J connectivity index is 2.13. The maximum atomic E-state index is 10.5. The Hall–Kier alpha value is -1.07. The van der Waals surface area contributed by atoms with Gasteiger partial charge in [0.2, 0.25) is 0 Å². The molecule has 0 aliphatic carbocycles. The lowest BCUT2D eigenvalue weighted by atomic mass is 10.2. The van der Waals surface area contributed by atoms with Crippen molar-refractivity contribution in [2.45, 2.75) is 17.5 Å². The molecule has 1 aromatic rings. The van der Waals surface area contributed by atoms with Gasteiger partial charge in [-0.05, 0) is 17.7 Å². The predicted octanol–water partition coefficient (Wildman–Crippen LogP) is 2.32. The van der Waals surface area contributed by atoms with Crippen molar-refractivity contribution < 1.29 is 4.92 Å². The number of hydrogen-bond acceptors (Lipinski definition) is 4. The van der Waals surface area contributed by atoms with Crippen molar-refractivity contribution in [2.75, 3.05) is 6.54 Å². The maximum Gasteiger partial charge on any atom is 0.269 e. The van der Waals surface area contributed by atoms with Crippen molar-refractivity contribution in [1.82, 2.24) is 5.32 Å². The summed E-state index contributed by atoms with van der Waals surface area (Å²) in [6, 6.07) is 6.75. The number of non-ortho nitro benzene ring substituents is 1. The van der Waals surface area contributed by atoms with Crippen LogP contribution in [0.4, 0.5) is 5.69 Å². The van der Waals surface area contributed by atoms with Crippen LogP contribution in [-0.4, -0.2) is 16.7 Å². The molecule has 0 saturated carbocycles. The molecule has 80 valence electrons. The molecule has 4 nitrogen and oxygen atoms in total. The molecule has 1 aliphatic rings. The van der Waals surface area contributed by atoms with E-state index in [0.717, 1.165) is 12.1 Å². The molecule has 1 N–H and O–H groups in total. The molecule has 0 spiro atoms. The molecule has 2 rings (SSSR count). The molecule has 0 radical (unpaired) electrons. The van der Waals surface area contributed by atoms with Gasteiger partial charge < -0.3 is 5.32 Å². The Morgan fingerprint density at radius 3 is 2.60 bits per heavy atom. The van der Waals surface area contributed by atoms with Crippen molar-refractivity contribution in [2.24, 2.45) is 0 Å². The monoisotopic (exact) mass is 224 g/mol. The second-order valence-corrected chi connectivity index (χ2v) is 5.13. The summed E-state index contributed by atoms with van der Waals surface area (Å²) in [5, 5.41) is 14.7. The highest BCUT2D eigenvalue weighted by Crippen LogP contribution is 2.34. The van der Waals surface area contributed by atoms with Gasteiger partial charge in [0.05, 0.1) is 10.3 Å². The van der Waals surface area contributed by atoms with E-state index in [9.17, 15) is 10.1 Å². The maximum absolute atomic E-state index is 10.5. The smallest absolute Gasteiger partial charge is 0.269 e. The molecule has 1 saturated heterocycles. The Morgan fingerprint density at radius 2 is 2.13 bits per heavy atom. The first kappa shape index (κ1) is 10.4. The zero-order chi connectivity index (χ0) is 10.8. The quantitative estimate of drug-likeness (QED) is 0.618. The van der Waals surface area contributed by atoms with Crippen LogP contribution in [0.3, 0.4) is 0 Å². The number of benzene rings is 1. The van der Waals surface area contributed by atoms with Crippen LogP contribution in [0.5, 0.6) is 0 Å². The van der Waals surface area contributed by atoms with Crippen LogP contribution >= 0.6 is 11.8 Å². The molecule has 2 unspecified atom stereocenters. The third-order valence-corrected chi connectivity index (χ3v) is 3.71.